The number of nitriles is 1. The highest BCUT2D eigenvalue weighted by atomic mass is 16.5. The fourth-order valence-corrected chi connectivity index (χ4v) is 4.05. The number of carbonyl (C=O) groups is 1. The molecule has 0 aliphatic rings. The van der Waals surface area contributed by atoms with Crippen molar-refractivity contribution in [2.75, 3.05) is 31.7 Å². The summed E-state index contributed by atoms with van der Waals surface area (Å²) in [5, 5.41) is 22.4. The Morgan fingerprint density at radius 1 is 0.947 bits per heavy atom. The number of nitrogens with zero attached hydrogens (tertiary/aromatic N) is 1. The minimum atomic E-state index is -1.47. The molecular weight excluding hydrogens is 480 g/mol. The molecule has 0 amide bonds. The molecule has 3 rings (SSSR count). The van der Waals surface area contributed by atoms with Crippen LogP contribution in [0.5, 0.6) is 5.75 Å². The Bertz CT molecular complexity index is 1210. The molecule has 0 saturated carbocycles. The Balaban J connectivity index is 1.65. The van der Waals surface area contributed by atoms with E-state index in [0.717, 1.165) is 17.5 Å². The van der Waals surface area contributed by atoms with E-state index >= 15 is 0 Å². The first kappa shape index (κ1) is 28.7. The maximum absolute atomic E-state index is 12.5. The molecule has 0 saturated heterocycles. The number of carboxylic acid groups (broad SMARTS) is 1. The first-order valence-electron chi connectivity index (χ1n) is 12.8. The average molecular weight is 517 g/mol. The Labute approximate surface area is 225 Å². The predicted octanol–water partition coefficient (Wildman–Crippen LogP) is 5.78. The van der Waals surface area contributed by atoms with Gasteiger partial charge in [-0.2, -0.15) is 5.26 Å². The minimum absolute atomic E-state index is 0.267. The molecule has 200 valence electrons. The Kier molecular flexibility index (Phi) is 10.7. The van der Waals surface area contributed by atoms with Crippen LogP contribution in [-0.2, 0) is 32.8 Å². The molecule has 3 aromatic carbocycles. The van der Waals surface area contributed by atoms with Crippen LogP contribution in [0.3, 0.4) is 0 Å². The van der Waals surface area contributed by atoms with E-state index in [0.29, 0.717) is 54.9 Å². The number of carboxylic acids is 1. The van der Waals surface area contributed by atoms with Crippen molar-refractivity contribution in [2.24, 2.45) is 5.92 Å². The third-order valence-corrected chi connectivity index (χ3v) is 6.03. The Hall–Kier alpha value is -3.86. The third-order valence-electron chi connectivity index (χ3n) is 6.03. The van der Waals surface area contributed by atoms with Gasteiger partial charge < -0.3 is 24.6 Å². The van der Waals surface area contributed by atoms with E-state index in [1.165, 1.54) is 0 Å². The summed E-state index contributed by atoms with van der Waals surface area (Å²) in [6.45, 7) is 7.93. The van der Waals surface area contributed by atoms with Crippen molar-refractivity contribution in [3.8, 4) is 11.8 Å². The molecule has 7 nitrogen and oxygen atoms in total. The zero-order valence-corrected chi connectivity index (χ0v) is 22.3. The number of nitrogens with one attached hydrogen (secondary N) is 1. The zero-order valence-electron chi connectivity index (χ0n) is 22.3. The van der Waals surface area contributed by atoms with Gasteiger partial charge in [0.25, 0.3) is 0 Å². The molecule has 0 fully saturated rings. The number of hydrogen-bond acceptors (Lipinski definition) is 6. The van der Waals surface area contributed by atoms with Crippen molar-refractivity contribution < 1.29 is 24.1 Å². The highest BCUT2D eigenvalue weighted by molar-refractivity contribution is 5.85. The van der Waals surface area contributed by atoms with Crippen molar-refractivity contribution in [2.45, 2.75) is 39.3 Å². The monoisotopic (exact) mass is 516 g/mol. The van der Waals surface area contributed by atoms with E-state index in [-0.39, 0.29) is 6.61 Å². The molecule has 7 heteroatoms. The summed E-state index contributed by atoms with van der Waals surface area (Å²) in [6.07, 6.45) is 0.846. The van der Waals surface area contributed by atoms with Gasteiger partial charge in [-0.1, -0.05) is 56.3 Å². The Morgan fingerprint density at radius 2 is 1.63 bits per heavy atom. The molecule has 0 heterocycles. The number of ether oxygens (including phenoxy) is 3. The lowest BCUT2D eigenvalue weighted by Crippen LogP contribution is -2.41. The van der Waals surface area contributed by atoms with Crippen LogP contribution in [0.4, 0.5) is 5.69 Å². The van der Waals surface area contributed by atoms with E-state index < -0.39 is 11.5 Å². The number of aliphatic carboxylic acids is 1. The molecule has 0 radical (unpaired) electrons. The maximum Gasteiger partial charge on any atom is 0.333 e. The van der Waals surface area contributed by atoms with E-state index in [2.05, 4.69) is 25.2 Å². The van der Waals surface area contributed by atoms with Gasteiger partial charge in [-0.15, -0.1) is 0 Å². The SMILES string of the molecule is CC(C)Cc1ccc(C(C)(Nc2ccc(C#N)cc2)C(=O)O)c(OCCOCCOCc2ccccc2)c1. The molecule has 0 spiro atoms. The number of benzene rings is 3. The molecule has 3 aromatic rings. The molecule has 0 aliphatic heterocycles. The van der Waals surface area contributed by atoms with Crippen LogP contribution in [0, 0.1) is 17.2 Å². The number of anilines is 1. The van der Waals surface area contributed by atoms with E-state index in [4.69, 9.17) is 19.5 Å². The van der Waals surface area contributed by atoms with E-state index in [9.17, 15) is 9.90 Å². The fourth-order valence-electron chi connectivity index (χ4n) is 4.05. The summed E-state index contributed by atoms with van der Waals surface area (Å²) < 4.78 is 17.4. The lowest BCUT2D eigenvalue weighted by molar-refractivity contribution is -0.142. The molecule has 1 unspecified atom stereocenters. The van der Waals surface area contributed by atoms with Crippen LogP contribution >= 0.6 is 0 Å². The average Bonchev–Trinajstić information content (AvgIpc) is 2.90. The lowest BCUT2D eigenvalue weighted by Gasteiger charge is -2.30. The summed E-state index contributed by atoms with van der Waals surface area (Å²) in [5.74, 6) is -0.108. The topological polar surface area (TPSA) is 101 Å². The van der Waals surface area contributed by atoms with E-state index in [1.54, 1.807) is 31.2 Å². The third kappa shape index (κ3) is 8.34. The van der Waals surface area contributed by atoms with Crippen molar-refractivity contribution in [1.29, 1.82) is 5.26 Å². The van der Waals surface area contributed by atoms with Crippen LogP contribution in [-0.4, -0.2) is 37.5 Å². The number of rotatable bonds is 15. The van der Waals surface area contributed by atoms with Gasteiger partial charge in [0.1, 0.15) is 12.4 Å². The van der Waals surface area contributed by atoms with Gasteiger partial charge in [0.05, 0.1) is 38.1 Å². The summed E-state index contributed by atoms with van der Waals surface area (Å²) in [4.78, 5) is 12.5. The second-order valence-corrected chi connectivity index (χ2v) is 9.67. The van der Waals surface area contributed by atoms with Gasteiger partial charge in [-0.05, 0) is 60.7 Å². The summed E-state index contributed by atoms with van der Waals surface area (Å²) in [5.41, 5.74) is 2.31. The molecule has 0 bridgehead atoms. The predicted molar refractivity (Wildman–Crippen MR) is 147 cm³/mol. The minimum Gasteiger partial charge on any atom is -0.491 e. The first-order valence-corrected chi connectivity index (χ1v) is 12.8. The van der Waals surface area contributed by atoms with Crippen molar-refractivity contribution in [3.63, 3.8) is 0 Å². The van der Waals surface area contributed by atoms with Gasteiger partial charge in [0.2, 0.25) is 0 Å². The van der Waals surface area contributed by atoms with E-state index in [1.807, 2.05) is 48.5 Å². The van der Waals surface area contributed by atoms with Gasteiger partial charge in [-0.3, -0.25) is 0 Å². The van der Waals surface area contributed by atoms with Crippen molar-refractivity contribution >= 4 is 11.7 Å². The van der Waals surface area contributed by atoms with Crippen LogP contribution in [0.25, 0.3) is 0 Å². The second kappa shape index (κ2) is 14.2. The summed E-state index contributed by atoms with van der Waals surface area (Å²) in [6, 6.07) is 24.4. The highest BCUT2D eigenvalue weighted by Gasteiger charge is 2.38. The lowest BCUT2D eigenvalue weighted by atomic mass is 9.88. The summed E-state index contributed by atoms with van der Waals surface area (Å²) >= 11 is 0. The van der Waals surface area contributed by atoms with Gasteiger partial charge in [0.15, 0.2) is 5.54 Å². The normalized spacial score (nSPS) is 12.5. The van der Waals surface area contributed by atoms with Gasteiger partial charge in [-0.25, -0.2) is 4.79 Å². The largest absolute Gasteiger partial charge is 0.491 e. The highest BCUT2D eigenvalue weighted by Crippen LogP contribution is 2.35. The quantitative estimate of drug-likeness (QED) is 0.247. The maximum atomic E-state index is 12.5. The molecule has 2 N–H and O–H groups in total. The van der Waals surface area contributed by atoms with Crippen LogP contribution < -0.4 is 10.1 Å². The van der Waals surface area contributed by atoms with Crippen molar-refractivity contribution in [3.05, 3.63) is 95.1 Å². The molecule has 0 aliphatic carbocycles. The number of hydrogen-bond donors (Lipinski definition) is 2. The molecular formula is C31H36N2O5. The van der Waals surface area contributed by atoms with Crippen molar-refractivity contribution in [1.82, 2.24) is 0 Å². The molecule has 1 atom stereocenters. The van der Waals surface area contributed by atoms with Crippen LogP contribution in [0.1, 0.15) is 43.0 Å². The summed E-state index contributed by atoms with van der Waals surface area (Å²) in [7, 11) is 0. The zero-order chi connectivity index (χ0) is 27.4. The molecule has 0 aromatic heterocycles. The molecule has 38 heavy (non-hydrogen) atoms. The Morgan fingerprint density at radius 3 is 2.29 bits per heavy atom. The smallest absolute Gasteiger partial charge is 0.333 e. The standard InChI is InChI=1S/C31H36N2O5/c1-23(2)19-26-11-14-28(31(3,30(34)35)33-27-12-9-24(21-32)10-13-27)29(20-26)38-18-17-36-15-16-37-22-25-7-5-4-6-8-25/h4-14,20,23,33H,15-19,22H2,1-3H3,(H,34,35). The van der Waals surface area contributed by atoms with Gasteiger partial charge in [0, 0.05) is 11.3 Å². The second-order valence-electron chi connectivity index (χ2n) is 9.67. The van der Waals surface area contributed by atoms with Crippen LogP contribution in [0.15, 0.2) is 72.8 Å². The van der Waals surface area contributed by atoms with Gasteiger partial charge >= 0.3 is 5.97 Å². The van der Waals surface area contributed by atoms with Crippen LogP contribution in [0.2, 0.25) is 0 Å². The first-order chi connectivity index (χ1) is 18.3. The fraction of sp³-hybridized carbons (Fsp3) is 0.355.